The molecule has 140 valence electrons. The molecule has 0 saturated heterocycles. The average Bonchev–Trinajstić information content (AvgIpc) is 2.64. The summed E-state index contributed by atoms with van der Waals surface area (Å²) in [5.74, 6) is -1.43. The molecule has 7 heteroatoms. The van der Waals surface area contributed by atoms with Crippen LogP contribution in [-0.2, 0) is 15.8 Å². The molecule has 3 aromatic rings. The quantitative estimate of drug-likeness (QED) is 0.561. The molecule has 0 heterocycles. The van der Waals surface area contributed by atoms with Gasteiger partial charge in [-0.15, -0.1) is 11.8 Å². The van der Waals surface area contributed by atoms with Crippen molar-refractivity contribution in [2.75, 3.05) is 4.72 Å². The van der Waals surface area contributed by atoms with E-state index >= 15 is 0 Å². The fourth-order valence-electron chi connectivity index (χ4n) is 2.37. The van der Waals surface area contributed by atoms with Crippen LogP contribution in [0.5, 0.6) is 0 Å². The van der Waals surface area contributed by atoms with Crippen LogP contribution in [-0.4, -0.2) is 8.42 Å². The highest BCUT2D eigenvalue weighted by Gasteiger charge is 2.14. The highest BCUT2D eigenvalue weighted by atomic mass is 32.2. The van der Waals surface area contributed by atoms with E-state index in [0.717, 1.165) is 16.5 Å². The summed E-state index contributed by atoms with van der Waals surface area (Å²) in [6.07, 6.45) is 0. The van der Waals surface area contributed by atoms with Crippen molar-refractivity contribution >= 4 is 27.5 Å². The number of halogens is 2. The van der Waals surface area contributed by atoms with Crippen LogP contribution in [0, 0.1) is 18.6 Å². The van der Waals surface area contributed by atoms with E-state index < -0.39 is 21.7 Å². The highest BCUT2D eigenvalue weighted by Crippen LogP contribution is 2.26. The van der Waals surface area contributed by atoms with E-state index in [9.17, 15) is 17.2 Å². The first-order valence-electron chi connectivity index (χ1n) is 8.10. The van der Waals surface area contributed by atoms with E-state index in [1.54, 1.807) is 48.5 Å². The lowest BCUT2D eigenvalue weighted by Gasteiger charge is -2.09. The molecule has 3 aromatic carbocycles. The molecule has 0 amide bonds. The van der Waals surface area contributed by atoms with Crippen LogP contribution in [0.1, 0.15) is 11.1 Å². The number of rotatable bonds is 6. The Kier molecular flexibility index (Phi) is 5.82. The van der Waals surface area contributed by atoms with Crippen LogP contribution in [0.3, 0.4) is 0 Å². The van der Waals surface area contributed by atoms with Gasteiger partial charge in [-0.2, -0.15) is 0 Å². The Labute approximate surface area is 161 Å². The summed E-state index contributed by atoms with van der Waals surface area (Å²) in [4.78, 5) is 1.00. The van der Waals surface area contributed by atoms with Crippen LogP contribution in [0.15, 0.2) is 76.5 Å². The van der Waals surface area contributed by atoms with E-state index in [1.165, 1.54) is 23.9 Å². The second-order valence-corrected chi connectivity index (χ2v) is 8.68. The number of sulfonamides is 1. The third-order valence-electron chi connectivity index (χ3n) is 3.86. The van der Waals surface area contributed by atoms with Crippen molar-refractivity contribution in [3.63, 3.8) is 0 Å². The Morgan fingerprint density at radius 2 is 1.59 bits per heavy atom. The predicted octanol–water partition coefficient (Wildman–Crippen LogP) is 5.37. The van der Waals surface area contributed by atoms with Gasteiger partial charge in [-0.05, 0) is 49.4 Å². The van der Waals surface area contributed by atoms with Crippen molar-refractivity contribution < 1.29 is 17.2 Å². The summed E-state index contributed by atoms with van der Waals surface area (Å²) in [6.45, 7) is 1.88. The van der Waals surface area contributed by atoms with Crippen molar-refractivity contribution in [2.45, 2.75) is 22.5 Å². The van der Waals surface area contributed by atoms with Gasteiger partial charge in [0.2, 0.25) is 0 Å². The molecule has 0 aromatic heterocycles. The summed E-state index contributed by atoms with van der Waals surface area (Å²) >= 11 is 1.34. The van der Waals surface area contributed by atoms with Crippen molar-refractivity contribution in [1.29, 1.82) is 0 Å². The van der Waals surface area contributed by atoms with E-state index in [0.29, 0.717) is 5.69 Å². The Balaban J connectivity index is 1.66. The summed E-state index contributed by atoms with van der Waals surface area (Å²) < 4.78 is 54.2. The lowest BCUT2D eigenvalue weighted by Crippen LogP contribution is -2.12. The van der Waals surface area contributed by atoms with E-state index in [2.05, 4.69) is 4.72 Å². The first-order valence-corrected chi connectivity index (χ1v) is 10.6. The lowest BCUT2D eigenvalue weighted by molar-refractivity contribution is 0.502. The van der Waals surface area contributed by atoms with Gasteiger partial charge in [0.15, 0.2) is 11.6 Å². The van der Waals surface area contributed by atoms with Crippen molar-refractivity contribution in [3.8, 4) is 0 Å². The normalized spacial score (nSPS) is 11.4. The van der Waals surface area contributed by atoms with Gasteiger partial charge in [0.25, 0.3) is 10.0 Å². The molecule has 0 fully saturated rings. The Bertz CT molecular complexity index is 1030. The molecular weight excluding hydrogens is 388 g/mol. The van der Waals surface area contributed by atoms with Gasteiger partial charge in [0.05, 0.1) is 4.90 Å². The molecule has 0 saturated carbocycles. The third kappa shape index (κ3) is 4.87. The molecule has 27 heavy (non-hydrogen) atoms. The zero-order valence-electron chi connectivity index (χ0n) is 14.4. The molecule has 0 aliphatic heterocycles. The van der Waals surface area contributed by atoms with Gasteiger partial charge in [0.1, 0.15) is 0 Å². The summed E-state index contributed by atoms with van der Waals surface area (Å²) in [6, 6.07) is 17.4. The summed E-state index contributed by atoms with van der Waals surface area (Å²) in [5, 5.41) is 0. The molecule has 0 bridgehead atoms. The monoisotopic (exact) mass is 405 g/mol. The fraction of sp³-hybridized carbons (Fsp3) is 0.100. The van der Waals surface area contributed by atoms with Gasteiger partial charge in [-0.3, -0.25) is 4.72 Å². The Morgan fingerprint density at radius 3 is 2.26 bits per heavy atom. The first-order chi connectivity index (χ1) is 12.8. The maximum atomic E-state index is 13.7. The van der Waals surface area contributed by atoms with Crippen LogP contribution in [0.25, 0.3) is 0 Å². The molecule has 0 radical (unpaired) electrons. The van der Waals surface area contributed by atoms with E-state index in [-0.39, 0.29) is 16.2 Å². The smallest absolute Gasteiger partial charge is 0.261 e. The topological polar surface area (TPSA) is 46.2 Å². The molecule has 0 unspecified atom stereocenters. The van der Waals surface area contributed by atoms with Crippen molar-refractivity contribution in [2.24, 2.45) is 0 Å². The van der Waals surface area contributed by atoms with E-state index in [1.807, 2.05) is 6.92 Å². The van der Waals surface area contributed by atoms with Gasteiger partial charge < -0.3 is 0 Å². The Morgan fingerprint density at radius 1 is 0.926 bits per heavy atom. The largest absolute Gasteiger partial charge is 0.280 e. The lowest BCUT2D eigenvalue weighted by atomic mass is 10.2. The molecular formula is C20H17F2NO2S2. The number of nitrogens with one attached hydrogen (secondary N) is 1. The molecule has 0 spiro atoms. The summed E-state index contributed by atoms with van der Waals surface area (Å²) in [5.41, 5.74) is 1.69. The second kappa shape index (κ2) is 8.10. The maximum Gasteiger partial charge on any atom is 0.261 e. The van der Waals surface area contributed by atoms with Crippen LogP contribution in [0.2, 0.25) is 0 Å². The summed E-state index contributed by atoms with van der Waals surface area (Å²) in [7, 11) is -3.66. The number of benzene rings is 3. The van der Waals surface area contributed by atoms with Gasteiger partial charge in [-0.1, -0.05) is 29.8 Å². The van der Waals surface area contributed by atoms with Gasteiger partial charge in [-0.25, -0.2) is 17.2 Å². The van der Waals surface area contributed by atoms with Crippen molar-refractivity contribution in [1.82, 2.24) is 0 Å². The molecule has 3 nitrogen and oxygen atoms in total. The standard InChI is InChI=1S/C20H17F2NO2S2/c1-14-5-11-18(12-6-14)27(24,25)23-16-7-9-17(10-8-16)26-13-15-3-2-4-19(21)20(15)22/h2-12,23H,13H2,1H3. The SMILES string of the molecule is Cc1ccc(S(=O)(=O)Nc2ccc(SCc3cccc(F)c3F)cc2)cc1. The predicted molar refractivity (Wildman–Crippen MR) is 104 cm³/mol. The Hall–Kier alpha value is -2.38. The minimum Gasteiger partial charge on any atom is -0.280 e. The van der Waals surface area contributed by atoms with Gasteiger partial charge >= 0.3 is 0 Å². The zero-order valence-corrected chi connectivity index (χ0v) is 16.1. The number of thioether (sulfide) groups is 1. The molecule has 0 aliphatic rings. The molecule has 0 aliphatic carbocycles. The molecule has 3 rings (SSSR count). The minimum atomic E-state index is -3.66. The fourth-order valence-corrected chi connectivity index (χ4v) is 4.30. The average molecular weight is 405 g/mol. The van der Waals surface area contributed by atoms with Crippen LogP contribution < -0.4 is 4.72 Å². The van der Waals surface area contributed by atoms with Crippen molar-refractivity contribution in [3.05, 3.63) is 89.5 Å². The van der Waals surface area contributed by atoms with Gasteiger partial charge in [0, 0.05) is 21.9 Å². The maximum absolute atomic E-state index is 13.7. The highest BCUT2D eigenvalue weighted by molar-refractivity contribution is 7.98. The molecule has 0 atom stereocenters. The number of hydrogen-bond donors (Lipinski definition) is 1. The number of aryl methyl sites for hydroxylation is 1. The minimum absolute atomic E-state index is 0.188. The van der Waals surface area contributed by atoms with Crippen LogP contribution in [0.4, 0.5) is 14.5 Å². The van der Waals surface area contributed by atoms with E-state index in [4.69, 9.17) is 0 Å². The number of hydrogen-bond acceptors (Lipinski definition) is 3. The molecule has 1 N–H and O–H groups in total. The zero-order chi connectivity index (χ0) is 19.4. The van der Waals surface area contributed by atoms with Crippen LogP contribution >= 0.6 is 11.8 Å². The first kappa shape index (κ1) is 19.4. The number of anilines is 1. The third-order valence-corrected chi connectivity index (χ3v) is 6.32. The second-order valence-electron chi connectivity index (χ2n) is 5.94.